The van der Waals surface area contributed by atoms with Crippen LogP contribution in [0.25, 0.3) is 0 Å². The molecule has 5 heteroatoms. The van der Waals surface area contributed by atoms with Gasteiger partial charge in [0.2, 0.25) is 0 Å². The Bertz CT molecular complexity index is 394. The number of benzene rings is 1. The maximum Gasteiger partial charge on any atom is 0.164 e. The van der Waals surface area contributed by atoms with Crippen LogP contribution in [0, 0.1) is 0 Å². The zero-order valence-electron chi connectivity index (χ0n) is 11.7. The van der Waals surface area contributed by atoms with Crippen molar-refractivity contribution >= 4 is 0 Å². The molecule has 5 nitrogen and oxygen atoms in total. The third-order valence-corrected chi connectivity index (χ3v) is 2.89. The van der Waals surface area contributed by atoms with Gasteiger partial charge >= 0.3 is 0 Å². The van der Waals surface area contributed by atoms with E-state index in [1.54, 1.807) is 18.2 Å². The summed E-state index contributed by atoms with van der Waals surface area (Å²) >= 11 is 0. The van der Waals surface area contributed by atoms with E-state index in [2.05, 4.69) is 0 Å². The molecular weight excluding hydrogens is 260 g/mol. The molecule has 0 aliphatic carbocycles. The van der Waals surface area contributed by atoms with E-state index < -0.39 is 0 Å². The van der Waals surface area contributed by atoms with Crippen molar-refractivity contribution in [3.8, 4) is 17.2 Å². The lowest BCUT2D eigenvalue weighted by atomic mass is 10.3. The van der Waals surface area contributed by atoms with E-state index in [0.717, 1.165) is 25.9 Å². The van der Waals surface area contributed by atoms with Gasteiger partial charge in [0.25, 0.3) is 0 Å². The average molecular weight is 282 g/mol. The Morgan fingerprint density at radius 3 is 1.90 bits per heavy atom. The zero-order valence-corrected chi connectivity index (χ0v) is 11.7. The van der Waals surface area contributed by atoms with E-state index in [-0.39, 0.29) is 5.75 Å². The van der Waals surface area contributed by atoms with Gasteiger partial charge in [-0.15, -0.1) is 0 Å². The van der Waals surface area contributed by atoms with Gasteiger partial charge in [-0.25, -0.2) is 0 Å². The standard InChI is InChI=1S/C15H22O5/c16-13-4-5-14-15(12-13)20-11-3-9-18-7-1-6-17-8-2-10-19-14/h4-5,12,16H,1-3,6-11H2. The molecular formula is C15H22O5. The van der Waals surface area contributed by atoms with Crippen molar-refractivity contribution in [3.63, 3.8) is 0 Å². The van der Waals surface area contributed by atoms with E-state index in [1.807, 2.05) is 0 Å². The molecule has 112 valence electrons. The highest BCUT2D eigenvalue weighted by Crippen LogP contribution is 2.31. The van der Waals surface area contributed by atoms with E-state index in [4.69, 9.17) is 18.9 Å². The molecule has 0 saturated carbocycles. The molecule has 0 unspecified atom stereocenters. The lowest BCUT2D eigenvalue weighted by molar-refractivity contribution is 0.0748. The highest BCUT2D eigenvalue weighted by molar-refractivity contribution is 5.45. The molecule has 0 radical (unpaired) electrons. The number of fused-ring (bicyclic) bond motifs is 1. The van der Waals surface area contributed by atoms with Crippen molar-refractivity contribution in [2.45, 2.75) is 19.3 Å². The van der Waals surface area contributed by atoms with Crippen LogP contribution < -0.4 is 9.47 Å². The summed E-state index contributed by atoms with van der Waals surface area (Å²) in [5, 5.41) is 9.52. The van der Waals surface area contributed by atoms with Crippen molar-refractivity contribution in [1.29, 1.82) is 0 Å². The molecule has 0 bridgehead atoms. The zero-order chi connectivity index (χ0) is 14.0. The van der Waals surface area contributed by atoms with Crippen LogP contribution >= 0.6 is 0 Å². The first kappa shape index (κ1) is 14.9. The first-order chi connectivity index (χ1) is 9.86. The largest absolute Gasteiger partial charge is 0.508 e. The first-order valence-corrected chi connectivity index (χ1v) is 7.10. The quantitative estimate of drug-likeness (QED) is 0.791. The summed E-state index contributed by atoms with van der Waals surface area (Å²) < 4.78 is 22.3. The molecule has 20 heavy (non-hydrogen) atoms. The van der Waals surface area contributed by atoms with Gasteiger partial charge in [0.15, 0.2) is 11.5 Å². The average Bonchev–Trinajstić information content (AvgIpc) is 2.45. The van der Waals surface area contributed by atoms with Crippen LogP contribution in [0.1, 0.15) is 19.3 Å². The molecule has 1 N–H and O–H groups in total. The fraction of sp³-hybridized carbons (Fsp3) is 0.600. The fourth-order valence-electron chi connectivity index (χ4n) is 1.88. The Hall–Kier alpha value is -1.46. The molecule has 0 fully saturated rings. The number of ether oxygens (including phenoxy) is 4. The Labute approximate surface area is 119 Å². The fourth-order valence-corrected chi connectivity index (χ4v) is 1.88. The van der Waals surface area contributed by atoms with Gasteiger partial charge in [0.1, 0.15) is 5.75 Å². The minimum absolute atomic E-state index is 0.171. The van der Waals surface area contributed by atoms with Crippen LogP contribution in [0.3, 0.4) is 0 Å². The van der Waals surface area contributed by atoms with E-state index in [1.165, 1.54) is 0 Å². The smallest absolute Gasteiger partial charge is 0.164 e. The summed E-state index contributed by atoms with van der Waals surface area (Å²) in [5.74, 6) is 1.39. The van der Waals surface area contributed by atoms with Gasteiger partial charge < -0.3 is 24.1 Å². The lowest BCUT2D eigenvalue weighted by Gasteiger charge is -2.13. The normalized spacial score (nSPS) is 18.8. The van der Waals surface area contributed by atoms with Gasteiger partial charge in [-0.2, -0.15) is 0 Å². The van der Waals surface area contributed by atoms with Crippen LogP contribution in [-0.2, 0) is 9.47 Å². The summed E-state index contributed by atoms with van der Waals surface area (Å²) in [4.78, 5) is 0. The number of hydrogen-bond donors (Lipinski definition) is 1. The minimum atomic E-state index is 0.171. The molecule has 0 saturated heterocycles. The van der Waals surface area contributed by atoms with Crippen LogP contribution in [0.2, 0.25) is 0 Å². The number of rotatable bonds is 0. The second-order valence-electron chi connectivity index (χ2n) is 4.61. The van der Waals surface area contributed by atoms with Crippen molar-refractivity contribution in [2.24, 2.45) is 0 Å². The number of hydrogen-bond acceptors (Lipinski definition) is 5. The van der Waals surface area contributed by atoms with Crippen LogP contribution in [0.15, 0.2) is 18.2 Å². The summed E-state index contributed by atoms with van der Waals surface area (Å²) in [6, 6.07) is 4.89. The maximum atomic E-state index is 9.52. The molecule has 1 aromatic rings. The first-order valence-electron chi connectivity index (χ1n) is 7.10. The van der Waals surface area contributed by atoms with Gasteiger partial charge in [-0.3, -0.25) is 0 Å². The molecule has 0 atom stereocenters. The van der Waals surface area contributed by atoms with Gasteiger partial charge in [0, 0.05) is 45.3 Å². The van der Waals surface area contributed by atoms with E-state index in [0.29, 0.717) is 44.5 Å². The highest BCUT2D eigenvalue weighted by Gasteiger charge is 2.07. The minimum Gasteiger partial charge on any atom is -0.508 e. The summed E-state index contributed by atoms with van der Waals surface area (Å²) in [5.41, 5.74) is 0. The molecule has 1 aliphatic rings. The third-order valence-electron chi connectivity index (χ3n) is 2.89. The SMILES string of the molecule is Oc1ccc2c(c1)OCCCOCCCOCCCO2. The molecule has 0 amide bonds. The third kappa shape index (κ3) is 5.27. The molecule has 1 aliphatic heterocycles. The van der Waals surface area contributed by atoms with Crippen molar-refractivity contribution in [3.05, 3.63) is 18.2 Å². The molecule has 0 spiro atoms. The van der Waals surface area contributed by atoms with Crippen LogP contribution in [-0.4, -0.2) is 44.7 Å². The van der Waals surface area contributed by atoms with Gasteiger partial charge in [-0.05, 0) is 18.6 Å². The van der Waals surface area contributed by atoms with Crippen molar-refractivity contribution in [1.82, 2.24) is 0 Å². The van der Waals surface area contributed by atoms with Gasteiger partial charge in [0.05, 0.1) is 13.2 Å². The predicted octanol–water partition coefficient (Wildman–Crippen LogP) is 2.37. The molecule has 0 aromatic heterocycles. The summed E-state index contributed by atoms with van der Waals surface area (Å²) in [6.07, 6.45) is 2.53. The number of aromatic hydroxyl groups is 1. The Morgan fingerprint density at radius 2 is 1.25 bits per heavy atom. The lowest BCUT2D eigenvalue weighted by Crippen LogP contribution is -2.06. The highest BCUT2D eigenvalue weighted by atomic mass is 16.5. The van der Waals surface area contributed by atoms with Gasteiger partial charge in [-0.1, -0.05) is 0 Å². The van der Waals surface area contributed by atoms with E-state index >= 15 is 0 Å². The van der Waals surface area contributed by atoms with E-state index in [9.17, 15) is 5.11 Å². The topological polar surface area (TPSA) is 57.2 Å². The second-order valence-corrected chi connectivity index (χ2v) is 4.61. The molecule has 2 rings (SSSR count). The Balaban J connectivity index is 1.93. The Morgan fingerprint density at radius 1 is 0.700 bits per heavy atom. The summed E-state index contributed by atoms with van der Waals surface area (Å²) in [6.45, 7) is 3.88. The van der Waals surface area contributed by atoms with Crippen LogP contribution in [0.5, 0.6) is 17.2 Å². The monoisotopic (exact) mass is 282 g/mol. The molecule has 1 heterocycles. The predicted molar refractivity (Wildman–Crippen MR) is 74.6 cm³/mol. The molecule has 1 aromatic carbocycles. The van der Waals surface area contributed by atoms with Crippen molar-refractivity contribution < 1.29 is 24.1 Å². The Kier molecular flexibility index (Phi) is 6.47. The van der Waals surface area contributed by atoms with Crippen LogP contribution in [0.4, 0.5) is 0 Å². The van der Waals surface area contributed by atoms with Crippen molar-refractivity contribution in [2.75, 3.05) is 39.6 Å². The number of phenolic OH excluding ortho intramolecular Hbond substituents is 1. The number of phenols is 1. The summed E-state index contributed by atoms with van der Waals surface area (Å²) in [7, 11) is 0. The maximum absolute atomic E-state index is 9.52. The second kappa shape index (κ2) is 8.66.